The molecule has 1 rings (SSSR count). The van der Waals surface area contributed by atoms with Crippen LogP contribution in [0.5, 0.6) is 0 Å². The minimum atomic E-state index is 0.0535. The van der Waals surface area contributed by atoms with Gasteiger partial charge in [0.2, 0.25) is 0 Å². The molecular formula is C11H21NO. The van der Waals surface area contributed by atoms with E-state index in [0.29, 0.717) is 0 Å². The molecule has 1 unspecified atom stereocenters. The van der Waals surface area contributed by atoms with Gasteiger partial charge >= 0.3 is 0 Å². The molecule has 2 nitrogen and oxygen atoms in total. The predicted molar refractivity (Wildman–Crippen MR) is 55.3 cm³/mol. The van der Waals surface area contributed by atoms with Gasteiger partial charge in [-0.05, 0) is 30.8 Å². The van der Waals surface area contributed by atoms with Gasteiger partial charge in [0.25, 0.3) is 0 Å². The third-order valence-corrected chi connectivity index (χ3v) is 3.02. The third kappa shape index (κ3) is 2.47. The van der Waals surface area contributed by atoms with Gasteiger partial charge in [0, 0.05) is 0 Å². The van der Waals surface area contributed by atoms with E-state index in [1.165, 1.54) is 0 Å². The Morgan fingerprint density at radius 3 is 2.77 bits per heavy atom. The van der Waals surface area contributed by atoms with Crippen molar-refractivity contribution in [3.8, 4) is 0 Å². The fourth-order valence-corrected chi connectivity index (χ4v) is 1.40. The summed E-state index contributed by atoms with van der Waals surface area (Å²) in [5, 5.41) is 0. The number of nitrogens with two attached hydrogens (primary N) is 1. The highest BCUT2D eigenvalue weighted by atomic mass is 16.5. The molecule has 0 saturated carbocycles. The number of ether oxygens (including phenoxy) is 1. The first kappa shape index (κ1) is 10.6. The van der Waals surface area contributed by atoms with E-state index in [0.717, 1.165) is 31.6 Å². The van der Waals surface area contributed by atoms with Crippen LogP contribution in [-0.4, -0.2) is 12.6 Å². The molecule has 0 bridgehead atoms. The van der Waals surface area contributed by atoms with Crippen LogP contribution in [0.3, 0.4) is 0 Å². The maximum absolute atomic E-state index is 6.14. The van der Waals surface area contributed by atoms with Gasteiger partial charge < -0.3 is 10.5 Å². The SMILES string of the molecule is CCC(C)(C)C(N)C1=CCCCO1. The highest BCUT2D eigenvalue weighted by Gasteiger charge is 2.29. The second-order valence-electron chi connectivity index (χ2n) is 4.42. The molecule has 2 heteroatoms. The molecule has 0 spiro atoms. The Bertz CT molecular complexity index is 196. The molecule has 0 saturated heterocycles. The van der Waals surface area contributed by atoms with E-state index < -0.39 is 0 Å². The lowest BCUT2D eigenvalue weighted by molar-refractivity contribution is 0.139. The number of rotatable bonds is 3. The van der Waals surface area contributed by atoms with E-state index >= 15 is 0 Å². The van der Waals surface area contributed by atoms with E-state index in [-0.39, 0.29) is 11.5 Å². The van der Waals surface area contributed by atoms with Gasteiger partial charge in [-0.1, -0.05) is 20.8 Å². The van der Waals surface area contributed by atoms with Crippen molar-refractivity contribution in [1.82, 2.24) is 0 Å². The molecule has 1 atom stereocenters. The number of hydrogen-bond donors (Lipinski definition) is 1. The van der Waals surface area contributed by atoms with Crippen molar-refractivity contribution in [2.75, 3.05) is 6.61 Å². The van der Waals surface area contributed by atoms with Gasteiger partial charge in [-0.15, -0.1) is 0 Å². The van der Waals surface area contributed by atoms with E-state index in [1.54, 1.807) is 0 Å². The maximum atomic E-state index is 6.14. The molecule has 1 aliphatic rings. The summed E-state index contributed by atoms with van der Waals surface area (Å²) in [5.41, 5.74) is 6.29. The Hall–Kier alpha value is -0.500. The smallest absolute Gasteiger partial charge is 0.109 e. The van der Waals surface area contributed by atoms with Gasteiger partial charge in [-0.2, -0.15) is 0 Å². The van der Waals surface area contributed by atoms with Crippen molar-refractivity contribution in [1.29, 1.82) is 0 Å². The first-order valence-electron chi connectivity index (χ1n) is 5.16. The summed E-state index contributed by atoms with van der Waals surface area (Å²) in [7, 11) is 0. The summed E-state index contributed by atoms with van der Waals surface area (Å²) >= 11 is 0. The largest absolute Gasteiger partial charge is 0.497 e. The average Bonchev–Trinajstić information content (AvgIpc) is 2.18. The Kier molecular flexibility index (Phi) is 3.37. The van der Waals surface area contributed by atoms with Crippen LogP contribution >= 0.6 is 0 Å². The second kappa shape index (κ2) is 4.14. The fraction of sp³-hybridized carbons (Fsp3) is 0.818. The zero-order valence-electron chi connectivity index (χ0n) is 8.97. The van der Waals surface area contributed by atoms with Crippen LogP contribution in [0.4, 0.5) is 0 Å². The Balaban J connectivity index is 2.65. The van der Waals surface area contributed by atoms with Crippen LogP contribution in [0.15, 0.2) is 11.8 Å². The Morgan fingerprint density at radius 2 is 2.31 bits per heavy atom. The van der Waals surface area contributed by atoms with Gasteiger partial charge in [-0.3, -0.25) is 0 Å². The topological polar surface area (TPSA) is 35.2 Å². The van der Waals surface area contributed by atoms with Gasteiger partial charge in [0.1, 0.15) is 5.76 Å². The Morgan fingerprint density at radius 1 is 1.62 bits per heavy atom. The van der Waals surface area contributed by atoms with Gasteiger partial charge in [0.15, 0.2) is 0 Å². The molecule has 0 amide bonds. The fourth-order valence-electron chi connectivity index (χ4n) is 1.40. The van der Waals surface area contributed by atoms with Crippen LogP contribution in [0.1, 0.15) is 40.0 Å². The lowest BCUT2D eigenvalue weighted by Gasteiger charge is -2.33. The van der Waals surface area contributed by atoms with Gasteiger partial charge in [0.05, 0.1) is 12.6 Å². The highest BCUT2D eigenvalue weighted by molar-refractivity contribution is 5.08. The van der Waals surface area contributed by atoms with E-state index in [1.807, 2.05) is 0 Å². The minimum Gasteiger partial charge on any atom is -0.497 e. The van der Waals surface area contributed by atoms with Crippen molar-refractivity contribution in [2.45, 2.75) is 46.1 Å². The van der Waals surface area contributed by atoms with Crippen LogP contribution in [0, 0.1) is 5.41 Å². The van der Waals surface area contributed by atoms with E-state index in [9.17, 15) is 0 Å². The molecule has 1 aliphatic heterocycles. The third-order valence-electron chi connectivity index (χ3n) is 3.02. The molecule has 0 fully saturated rings. The summed E-state index contributed by atoms with van der Waals surface area (Å²) in [6.45, 7) is 7.38. The average molecular weight is 183 g/mol. The summed E-state index contributed by atoms with van der Waals surface area (Å²) in [6.07, 6.45) is 5.46. The van der Waals surface area contributed by atoms with Crippen molar-refractivity contribution < 1.29 is 4.74 Å². The van der Waals surface area contributed by atoms with Crippen LogP contribution in [0.25, 0.3) is 0 Å². The molecule has 2 N–H and O–H groups in total. The monoisotopic (exact) mass is 183 g/mol. The quantitative estimate of drug-likeness (QED) is 0.729. The van der Waals surface area contributed by atoms with Crippen molar-refractivity contribution >= 4 is 0 Å². The molecule has 0 radical (unpaired) electrons. The minimum absolute atomic E-state index is 0.0535. The van der Waals surface area contributed by atoms with Crippen molar-refractivity contribution in [2.24, 2.45) is 11.1 Å². The maximum Gasteiger partial charge on any atom is 0.109 e. The van der Waals surface area contributed by atoms with Gasteiger partial charge in [-0.25, -0.2) is 0 Å². The lowest BCUT2D eigenvalue weighted by Crippen LogP contribution is -2.40. The normalized spacial score (nSPS) is 20.5. The predicted octanol–water partition coefficient (Wildman–Crippen LogP) is 2.44. The summed E-state index contributed by atoms with van der Waals surface area (Å²) < 4.78 is 5.56. The van der Waals surface area contributed by atoms with E-state index in [4.69, 9.17) is 10.5 Å². The molecule has 0 aromatic heterocycles. The summed E-state index contributed by atoms with van der Waals surface area (Å²) in [6, 6.07) is 0.0535. The van der Waals surface area contributed by atoms with Crippen LogP contribution < -0.4 is 5.73 Å². The number of hydrogen-bond acceptors (Lipinski definition) is 2. The standard InChI is InChI=1S/C11H21NO/c1-4-11(2,3)10(12)9-7-5-6-8-13-9/h7,10H,4-6,8,12H2,1-3H3. The molecule has 0 aromatic carbocycles. The molecule has 1 heterocycles. The lowest BCUT2D eigenvalue weighted by atomic mass is 9.81. The zero-order valence-corrected chi connectivity index (χ0v) is 8.97. The molecule has 76 valence electrons. The molecule has 0 aromatic rings. The van der Waals surface area contributed by atoms with Crippen LogP contribution in [-0.2, 0) is 4.74 Å². The first-order valence-corrected chi connectivity index (χ1v) is 5.16. The van der Waals surface area contributed by atoms with Crippen LogP contribution in [0.2, 0.25) is 0 Å². The Labute approximate surface area is 81.1 Å². The van der Waals surface area contributed by atoms with Crippen molar-refractivity contribution in [3.05, 3.63) is 11.8 Å². The van der Waals surface area contributed by atoms with E-state index in [2.05, 4.69) is 26.8 Å². The molecular weight excluding hydrogens is 162 g/mol. The summed E-state index contributed by atoms with van der Waals surface area (Å²) in [5.74, 6) is 0.998. The first-order chi connectivity index (χ1) is 6.08. The number of allylic oxidation sites excluding steroid dienone is 1. The summed E-state index contributed by atoms with van der Waals surface area (Å²) in [4.78, 5) is 0. The molecule has 13 heavy (non-hydrogen) atoms. The van der Waals surface area contributed by atoms with Crippen molar-refractivity contribution in [3.63, 3.8) is 0 Å². The highest BCUT2D eigenvalue weighted by Crippen LogP contribution is 2.29. The zero-order chi connectivity index (χ0) is 9.90. The second-order valence-corrected chi connectivity index (χ2v) is 4.42. The molecule has 0 aliphatic carbocycles.